The molecule has 0 heterocycles. The Kier molecular flexibility index (Phi) is 5.30. The molecule has 1 rings (SSSR count). The lowest BCUT2D eigenvalue weighted by Crippen LogP contribution is -1.81. The molecule has 1 aromatic carbocycles. The zero-order chi connectivity index (χ0) is 12.8. The van der Waals surface area contributed by atoms with Gasteiger partial charge in [0.1, 0.15) is 0 Å². The third-order valence-electron chi connectivity index (χ3n) is 2.56. The highest BCUT2D eigenvalue weighted by atomic mass is 32.2. The first-order chi connectivity index (χ1) is 8.02. The Morgan fingerprint density at radius 3 is 2.53 bits per heavy atom. The second-order valence-corrected chi connectivity index (χ2v) is 5.37. The summed E-state index contributed by atoms with van der Waals surface area (Å²) in [6.07, 6.45) is 6.25. The summed E-state index contributed by atoms with van der Waals surface area (Å²) in [6, 6.07) is 6.51. The van der Waals surface area contributed by atoms with Crippen LogP contribution in [-0.4, -0.2) is 0 Å². The minimum atomic E-state index is 1.07. The van der Waals surface area contributed by atoms with Crippen molar-refractivity contribution in [1.82, 2.24) is 0 Å². The molecule has 0 bridgehead atoms. The maximum atomic E-state index is 4.07. The van der Waals surface area contributed by atoms with Gasteiger partial charge in [-0.05, 0) is 45.4 Å². The molecule has 0 saturated heterocycles. The fraction of sp³-hybridized carbons (Fsp3) is 0.250. The van der Waals surface area contributed by atoms with Crippen molar-refractivity contribution in [3.63, 3.8) is 0 Å². The first-order valence-electron chi connectivity index (χ1n) is 5.78. The van der Waals surface area contributed by atoms with Crippen molar-refractivity contribution in [2.45, 2.75) is 32.6 Å². The molecule has 0 unspecified atom stereocenters. The van der Waals surface area contributed by atoms with Crippen molar-refractivity contribution >= 4 is 11.8 Å². The van der Waals surface area contributed by atoms with E-state index in [1.54, 1.807) is 11.8 Å². The van der Waals surface area contributed by atoms with E-state index in [-0.39, 0.29) is 0 Å². The second kappa shape index (κ2) is 6.51. The standard InChI is InChI=1S/C16H20S/c1-6-12(2)7-9-15(5)17-16-10-8-13(3)11-14(16)4/h6-11H,5H2,1-4H3/b9-7-,12-6-. The molecule has 0 aliphatic rings. The van der Waals surface area contributed by atoms with Crippen LogP contribution in [0.5, 0.6) is 0 Å². The smallest absolute Gasteiger partial charge is 0.0151 e. The lowest BCUT2D eigenvalue weighted by atomic mass is 10.2. The van der Waals surface area contributed by atoms with E-state index in [1.807, 2.05) is 6.92 Å². The SMILES string of the molecule is C=C(/C=C\C(C)=C/C)Sc1ccc(C)cc1C. The van der Waals surface area contributed by atoms with Crippen LogP contribution in [0.4, 0.5) is 0 Å². The Bertz CT molecular complexity index is 464. The summed E-state index contributed by atoms with van der Waals surface area (Å²) in [4.78, 5) is 2.35. The van der Waals surface area contributed by atoms with Gasteiger partial charge in [-0.1, -0.05) is 53.8 Å². The zero-order valence-corrected chi connectivity index (χ0v) is 11.9. The molecule has 1 aromatic rings. The second-order valence-electron chi connectivity index (χ2n) is 4.20. The van der Waals surface area contributed by atoms with Gasteiger partial charge in [0.2, 0.25) is 0 Å². The minimum Gasteiger partial charge on any atom is -0.0904 e. The Hall–Kier alpha value is -1.21. The molecule has 0 nitrogen and oxygen atoms in total. The Labute approximate surface area is 109 Å². The van der Waals surface area contributed by atoms with Gasteiger partial charge in [-0.25, -0.2) is 0 Å². The van der Waals surface area contributed by atoms with Crippen LogP contribution in [0.1, 0.15) is 25.0 Å². The largest absolute Gasteiger partial charge is 0.0904 e. The lowest BCUT2D eigenvalue weighted by Gasteiger charge is -2.06. The van der Waals surface area contributed by atoms with Crippen molar-refractivity contribution in [3.05, 3.63) is 64.6 Å². The van der Waals surface area contributed by atoms with Gasteiger partial charge in [0.15, 0.2) is 0 Å². The predicted molar refractivity (Wildman–Crippen MR) is 79.5 cm³/mol. The Balaban J connectivity index is 2.72. The number of aryl methyl sites for hydroxylation is 2. The van der Waals surface area contributed by atoms with E-state index < -0.39 is 0 Å². The van der Waals surface area contributed by atoms with Crippen LogP contribution in [-0.2, 0) is 0 Å². The molecule has 0 aliphatic heterocycles. The van der Waals surface area contributed by atoms with Crippen molar-refractivity contribution in [3.8, 4) is 0 Å². The van der Waals surface area contributed by atoms with Crippen LogP contribution in [0.15, 0.2) is 58.4 Å². The molecular weight excluding hydrogens is 224 g/mol. The van der Waals surface area contributed by atoms with E-state index in [0.29, 0.717) is 0 Å². The molecule has 0 aromatic heterocycles. The number of allylic oxidation sites excluding steroid dienone is 4. The molecule has 90 valence electrons. The van der Waals surface area contributed by atoms with E-state index in [1.165, 1.54) is 21.6 Å². The van der Waals surface area contributed by atoms with Gasteiger partial charge in [0.05, 0.1) is 0 Å². The molecule has 0 fully saturated rings. The minimum absolute atomic E-state index is 1.07. The van der Waals surface area contributed by atoms with Crippen LogP contribution < -0.4 is 0 Å². The average molecular weight is 244 g/mol. The zero-order valence-electron chi connectivity index (χ0n) is 11.1. The van der Waals surface area contributed by atoms with Crippen LogP contribution in [0.2, 0.25) is 0 Å². The summed E-state index contributed by atoms with van der Waals surface area (Å²) in [5.41, 5.74) is 3.87. The van der Waals surface area contributed by atoms with Crippen molar-refractivity contribution < 1.29 is 0 Å². The highest BCUT2D eigenvalue weighted by Gasteiger charge is 2.00. The maximum absolute atomic E-state index is 4.07. The van der Waals surface area contributed by atoms with Gasteiger partial charge in [-0.15, -0.1) is 0 Å². The number of hydrogen-bond donors (Lipinski definition) is 0. The molecule has 0 atom stereocenters. The summed E-state index contributed by atoms with van der Waals surface area (Å²) in [6.45, 7) is 12.5. The van der Waals surface area contributed by atoms with E-state index in [9.17, 15) is 0 Å². The maximum Gasteiger partial charge on any atom is 0.0151 e. The summed E-state index contributed by atoms with van der Waals surface area (Å²) in [5, 5.41) is 0. The van der Waals surface area contributed by atoms with Gasteiger partial charge in [0.25, 0.3) is 0 Å². The van der Waals surface area contributed by atoms with Crippen LogP contribution >= 0.6 is 11.8 Å². The topological polar surface area (TPSA) is 0 Å². The van der Waals surface area contributed by atoms with Crippen LogP contribution in [0.25, 0.3) is 0 Å². The van der Waals surface area contributed by atoms with Gasteiger partial charge < -0.3 is 0 Å². The Morgan fingerprint density at radius 2 is 1.94 bits per heavy atom. The normalized spacial score (nSPS) is 12.1. The van der Waals surface area contributed by atoms with Gasteiger partial charge in [-0.3, -0.25) is 0 Å². The van der Waals surface area contributed by atoms with E-state index >= 15 is 0 Å². The first-order valence-corrected chi connectivity index (χ1v) is 6.59. The molecule has 1 heteroatoms. The molecule has 0 radical (unpaired) electrons. The van der Waals surface area contributed by atoms with E-state index in [0.717, 1.165) is 4.91 Å². The fourth-order valence-corrected chi connectivity index (χ4v) is 2.18. The molecule has 17 heavy (non-hydrogen) atoms. The van der Waals surface area contributed by atoms with Crippen LogP contribution in [0.3, 0.4) is 0 Å². The quantitative estimate of drug-likeness (QED) is 0.502. The third kappa shape index (κ3) is 4.66. The lowest BCUT2D eigenvalue weighted by molar-refractivity contribution is 1.27. The van der Waals surface area contributed by atoms with Gasteiger partial charge in [-0.2, -0.15) is 0 Å². The summed E-state index contributed by atoms with van der Waals surface area (Å²) >= 11 is 1.72. The monoisotopic (exact) mass is 244 g/mol. The Morgan fingerprint density at radius 1 is 1.24 bits per heavy atom. The fourth-order valence-electron chi connectivity index (χ4n) is 1.41. The molecular formula is C16H20S. The highest BCUT2D eigenvalue weighted by Crippen LogP contribution is 2.29. The van der Waals surface area contributed by atoms with Crippen molar-refractivity contribution in [2.75, 3.05) is 0 Å². The summed E-state index contributed by atoms with van der Waals surface area (Å²) in [5.74, 6) is 0. The molecule has 0 aliphatic carbocycles. The number of hydrogen-bond acceptors (Lipinski definition) is 1. The molecule has 0 saturated carbocycles. The van der Waals surface area contributed by atoms with Crippen molar-refractivity contribution in [2.24, 2.45) is 0 Å². The first kappa shape index (κ1) is 13.9. The average Bonchev–Trinajstić information content (AvgIpc) is 2.29. The van der Waals surface area contributed by atoms with E-state index in [2.05, 4.69) is 63.8 Å². The van der Waals surface area contributed by atoms with E-state index in [4.69, 9.17) is 0 Å². The van der Waals surface area contributed by atoms with Gasteiger partial charge >= 0.3 is 0 Å². The summed E-state index contributed by atoms with van der Waals surface area (Å²) in [7, 11) is 0. The summed E-state index contributed by atoms with van der Waals surface area (Å²) < 4.78 is 0. The van der Waals surface area contributed by atoms with Crippen molar-refractivity contribution in [1.29, 1.82) is 0 Å². The predicted octanol–water partition coefficient (Wildman–Crippen LogP) is 5.43. The number of thioether (sulfide) groups is 1. The molecule has 0 N–H and O–H groups in total. The molecule has 0 amide bonds. The van der Waals surface area contributed by atoms with Crippen LogP contribution in [0, 0.1) is 13.8 Å². The number of rotatable bonds is 4. The highest BCUT2D eigenvalue weighted by molar-refractivity contribution is 8.03. The number of benzene rings is 1. The molecule has 0 spiro atoms. The third-order valence-corrected chi connectivity index (χ3v) is 3.64. The van der Waals surface area contributed by atoms with Gasteiger partial charge in [0, 0.05) is 9.80 Å².